The van der Waals surface area contributed by atoms with E-state index >= 15 is 0 Å². The molecule has 0 bridgehead atoms. The van der Waals surface area contributed by atoms with E-state index in [-0.39, 0.29) is 17.7 Å². The highest BCUT2D eigenvalue weighted by atomic mass is 16.3. The van der Waals surface area contributed by atoms with Crippen molar-refractivity contribution in [3.05, 3.63) is 29.8 Å². The summed E-state index contributed by atoms with van der Waals surface area (Å²) < 4.78 is 0. The number of aromatic hydroxyl groups is 1. The molecule has 0 aliphatic rings. The van der Waals surface area contributed by atoms with Gasteiger partial charge in [0.25, 0.3) is 0 Å². The number of carbonyl (C=O) groups excluding carboxylic acids is 1. The van der Waals surface area contributed by atoms with E-state index in [1.165, 1.54) is 0 Å². The first kappa shape index (κ1) is 15.5. The molecule has 0 fully saturated rings. The van der Waals surface area contributed by atoms with Gasteiger partial charge in [0.2, 0.25) is 5.91 Å². The van der Waals surface area contributed by atoms with Gasteiger partial charge in [-0.15, -0.1) is 0 Å². The smallest absolute Gasteiger partial charge is 0.240 e. The summed E-state index contributed by atoms with van der Waals surface area (Å²) in [5, 5.41) is 12.2. The predicted octanol–water partition coefficient (Wildman–Crippen LogP) is 1.96. The second-order valence-electron chi connectivity index (χ2n) is 5.41. The molecule has 19 heavy (non-hydrogen) atoms. The fraction of sp³-hybridized carbons (Fsp3) is 0.533. The number of carbonyl (C=O) groups is 1. The van der Waals surface area contributed by atoms with Crippen molar-refractivity contribution >= 4 is 5.91 Å². The number of phenolic OH excluding ortho intramolecular Hbond substituents is 1. The SMILES string of the molecule is CCCC(C)(N)C(=O)NC(C)Cc1ccc(O)cc1. The highest BCUT2D eigenvalue weighted by Gasteiger charge is 2.27. The molecule has 0 spiro atoms. The Balaban J connectivity index is 2.53. The number of amides is 1. The standard InChI is InChI=1S/C15H24N2O2/c1-4-9-15(3,16)14(19)17-11(2)10-12-5-7-13(18)8-6-12/h5-8,11,18H,4,9-10,16H2,1-3H3,(H,17,19). The maximum Gasteiger partial charge on any atom is 0.240 e. The first-order valence-electron chi connectivity index (χ1n) is 6.73. The number of rotatable bonds is 6. The number of benzene rings is 1. The van der Waals surface area contributed by atoms with Crippen molar-refractivity contribution in [1.82, 2.24) is 5.32 Å². The normalized spacial score (nSPS) is 15.6. The molecule has 0 aliphatic carbocycles. The van der Waals surface area contributed by atoms with Crippen molar-refractivity contribution in [2.24, 2.45) is 5.73 Å². The van der Waals surface area contributed by atoms with Crippen molar-refractivity contribution in [2.45, 2.75) is 51.6 Å². The molecule has 2 atom stereocenters. The topological polar surface area (TPSA) is 75.4 Å². The minimum atomic E-state index is -0.808. The molecule has 0 aliphatic heterocycles. The van der Waals surface area contributed by atoms with Crippen molar-refractivity contribution in [1.29, 1.82) is 0 Å². The molecule has 0 saturated heterocycles. The lowest BCUT2D eigenvalue weighted by Crippen LogP contribution is -2.53. The summed E-state index contributed by atoms with van der Waals surface area (Å²) in [6.45, 7) is 5.73. The maximum atomic E-state index is 12.0. The summed E-state index contributed by atoms with van der Waals surface area (Å²) in [5.41, 5.74) is 6.25. The Morgan fingerprint density at radius 1 is 1.42 bits per heavy atom. The van der Waals surface area contributed by atoms with Gasteiger partial charge in [0.1, 0.15) is 5.75 Å². The highest BCUT2D eigenvalue weighted by Crippen LogP contribution is 2.12. The van der Waals surface area contributed by atoms with Crippen molar-refractivity contribution < 1.29 is 9.90 Å². The van der Waals surface area contributed by atoms with Crippen LogP contribution in [0, 0.1) is 0 Å². The van der Waals surface area contributed by atoms with Crippen LogP contribution in [-0.4, -0.2) is 22.6 Å². The summed E-state index contributed by atoms with van der Waals surface area (Å²) in [5.74, 6) is 0.138. The molecule has 1 aromatic carbocycles. The molecule has 4 N–H and O–H groups in total. The van der Waals surface area contributed by atoms with Crippen LogP contribution in [0.15, 0.2) is 24.3 Å². The molecular weight excluding hydrogens is 240 g/mol. The molecule has 106 valence electrons. The summed E-state index contributed by atoms with van der Waals surface area (Å²) in [6.07, 6.45) is 2.27. The van der Waals surface area contributed by atoms with E-state index in [0.717, 1.165) is 12.0 Å². The van der Waals surface area contributed by atoms with Gasteiger partial charge < -0.3 is 16.2 Å². The van der Waals surface area contributed by atoms with Crippen LogP contribution in [0.5, 0.6) is 5.75 Å². The van der Waals surface area contributed by atoms with Crippen LogP contribution in [0.1, 0.15) is 39.2 Å². The molecule has 1 aromatic rings. The number of hydrogen-bond acceptors (Lipinski definition) is 3. The molecule has 2 unspecified atom stereocenters. The fourth-order valence-corrected chi connectivity index (χ4v) is 2.06. The molecule has 0 radical (unpaired) electrons. The van der Waals surface area contributed by atoms with E-state index < -0.39 is 5.54 Å². The van der Waals surface area contributed by atoms with Gasteiger partial charge in [0.15, 0.2) is 0 Å². The van der Waals surface area contributed by atoms with Crippen LogP contribution in [0.25, 0.3) is 0 Å². The molecular formula is C15H24N2O2. The average molecular weight is 264 g/mol. The van der Waals surface area contributed by atoms with E-state index in [4.69, 9.17) is 5.73 Å². The van der Waals surface area contributed by atoms with E-state index in [1.54, 1.807) is 19.1 Å². The van der Waals surface area contributed by atoms with Gasteiger partial charge >= 0.3 is 0 Å². The molecule has 1 rings (SSSR count). The quantitative estimate of drug-likeness (QED) is 0.735. The van der Waals surface area contributed by atoms with E-state index in [1.807, 2.05) is 26.0 Å². The Morgan fingerprint density at radius 2 is 2.00 bits per heavy atom. The molecule has 4 nitrogen and oxygen atoms in total. The van der Waals surface area contributed by atoms with Crippen LogP contribution < -0.4 is 11.1 Å². The van der Waals surface area contributed by atoms with Crippen molar-refractivity contribution in [3.63, 3.8) is 0 Å². The Kier molecular flexibility index (Phi) is 5.36. The van der Waals surface area contributed by atoms with Gasteiger partial charge in [0, 0.05) is 6.04 Å². The van der Waals surface area contributed by atoms with Crippen LogP contribution in [0.4, 0.5) is 0 Å². The summed E-state index contributed by atoms with van der Waals surface area (Å²) >= 11 is 0. The summed E-state index contributed by atoms with van der Waals surface area (Å²) in [4.78, 5) is 12.0. The third-order valence-corrected chi connectivity index (χ3v) is 3.14. The Labute approximate surface area is 115 Å². The largest absolute Gasteiger partial charge is 0.508 e. The Bertz CT molecular complexity index is 413. The maximum absolute atomic E-state index is 12.0. The lowest BCUT2D eigenvalue weighted by Gasteiger charge is -2.25. The van der Waals surface area contributed by atoms with Gasteiger partial charge in [-0.05, 0) is 44.4 Å². The monoisotopic (exact) mass is 264 g/mol. The van der Waals surface area contributed by atoms with Crippen molar-refractivity contribution in [3.8, 4) is 5.75 Å². The summed E-state index contributed by atoms with van der Waals surface area (Å²) in [7, 11) is 0. The summed E-state index contributed by atoms with van der Waals surface area (Å²) in [6, 6.07) is 7.01. The zero-order valence-corrected chi connectivity index (χ0v) is 11.9. The van der Waals surface area contributed by atoms with E-state index in [9.17, 15) is 9.90 Å². The van der Waals surface area contributed by atoms with Crippen LogP contribution >= 0.6 is 0 Å². The van der Waals surface area contributed by atoms with Crippen LogP contribution in [-0.2, 0) is 11.2 Å². The highest BCUT2D eigenvalue weighted by molar-refractivity contribution is 5.85. The molecule has 4 heteroatoms. The number of hydrogen-bond donors (Lipinski definition) is 3. The average Bonchev–Trinajstić information content (AvgIpc) is 2.32. The minimum absolute atomic E-state index is 0.0109. The molecule has 1 amide bonds. The van der Waals surface area contributed by atoms with Gasteiger partial charge in [-0.1, -0.05) is 25.5 Å². The Morgan fingerprint density at radius 3 is 2.53 bits per heavy atom. The number of nitrogens with two attached hydrogens (primary N) is 1. The van der Waals surface area contributed by atoms with Gasteiger partial charge in [-0.25, -0.2) is 0 Å². The molecule has 0 aromatic heterocycles. The fourth-order valence-electron chi connectivity index (χ4n) is 2.06. The second-order valence-corrected chi connectivity index (χ2v) is 5.41. The van der Waals surface area contributed by atoms with Crippen LogP contribution in [0.2, 0.25) is 0 Å². The van der Waals surface area contributed by atoms with Crippen LogP contribution in [0.3, 0.4) is 0 Å². The zero-order valence-electron chi connectivity index (χ0n) is 11.9. The van der Waals surface area contributed by atoms with Gasteiger partial charge in [-0.3, -0.25) is 4.79 Å². The van der Waals surface area contributed by atoms with Crippen molar-refractivity contribution in [2.75, 3.05) is 0 Å². The molecule has 0 heterocycles. The Hall–Kier alpha value is -1.55. The lowest BCUT2D eigenvalue weighted by molar-refractivity contribution is -0.126. The van der Waals surface area contributed by atoms with E-state index in [2.05, 4.69) is 5.32 Å². The zero-order chi connectivity index (χ0) is 14.5. The first-order chi connectivity index (χ1) is 8.85. The third kappa shape index (κ3) is 4.91. The lowest BCUT2D eigenvalue weighted by atomic mass is 9.95. The van der Waals surface area contributed by atoms with Gasteiger partial charge in [0.05, 0.1) is 5.54 Å². The third-order valence-electron chi connectivity index (χ3n) is 3.14. The predicted molar refractivity (Wildman–Crippen MR) is 76.9 cm³/mol. The number of phenols is 1. The van der Waals surface area contributed by atoms with E-state index in [0.29, 0.717) is 12.8 Å². The molecule has 0 saturated carbocycles. The minimum Gasteiger partial charge on any atom is -0.508 e. The number of nitrogens with one attached hydrogen (secondary N) is 1. The first-order valence-corrected chi connectivity index (χ1v) is 6.73. The van der Waals surface area contributed by atoms with Gasteiger partial charge in [-0.2, -0.15) is 0 Å². The second kappa shape index (κ2) is 6.57.